The SMILES string of the molecule is CC(C)(C(=O)Nc1cc([C@H]2C[C@@H](OC(=O)NCc3ccccc3)C2)[nH]n1)c1ccccn1. The number of amides is 2. The molecule has 2 aromatic heterocycles. The minimum Gasteiger partial charge on any atom is -0.446 e. The highest BCUT2D eigenvalue weighted by Crippen LogP contribution is 2.38. The van der Waals surface area contributed by atoms with Crippen molar-refractivity contribution < 1.29 is 14.3 Å². The first-order chi connectivity index (χ1) is 15.4. The van der Waals surface area contributed by atoms with Crippen molar-refractivity contribution in [3.8, 4) is 0 Å². The zero-order chi connectivity index (χ0) is 22.6. The summed E-state index contributed by atoms with van der Waals surface area (Å²) < 4.78 is 5.46. The lowest BCUT2D eigenvalue weighted by molar-refractivity contribution is -0.120. The van der Waals surface area contributed by atoms with Crippen molar-refractivity contribution in [3.05, 3.63) is 77.7 Å². The number of carbonyl (C=O) groups excluding carboxylic acids is 2. The van der Waals surface area contributed by atoms with Crippen LogP contribution in [0.4, 0.5) is 10.6 Å². The Morgan fingerprint density at radius 2 is 1.88 bits per heavy atom. The number of nitrogens with one attached hydrogen (secondary N) is 3. The number of benzene rings is 1. The molecule has 8 nitrogen and oxygen atoms in total. The Hall–Kier alpha value is -3.68. The van der Waals surface area contributed by atoms with E-state index in [0.29, 0.717) is 30.9 Å². The predicted octanol–water partition coefficient (Wildman–Crippen LogP) is 3.89. The smallest absolute Gasteiger partial charge is 0.407 e. The number of alkyl carbamates (subject to hydrolysis) is 1. The van der Waals surface area contributed by atoms with Crippen LogP contribution in [0.1, 0.15) is 49.6 Å². The van der Waals surface area contributed by atoms with Gasteiger partial charge in [-0.15, -0.1) is 0 Å². The van der Waals surface area contributed by atoms with E-state index in [0.717, 1.165) is 11.3 Å². The lowest BCUT2D eigenvalue weighted by atomic mass is 9.80. The van der Waals surface area contributed by atoms with Gasteiger partial charge in [0.15, 0.2) is 5.82 Å². The van der Waals surface area contributed by atoms with Crippen LogP contribution >= 0.6 is 0 Å². The molecule has 0 spiro atoms. The summed E-state index contributed by atoms with van der Waals surface area (Å²) in [5.41, 5.74) is 1.84. The van der Waals surface area contributed by atoms with Crippen molar-refractivity contribution in [2.45, 2.75) is 50.7 Å². The number of carbonyl (C=O) groups is 2. The van der Waals surface area contributed by atoms with Gasteiger partial charge in [0.25, 0.3) is 0 Å². The molecule has 1 saturated carbocycles. The summed E-state index contributed by atoms with van der Waals surface area (Å²) in [7, 11) is 0. The van der Waals surface area contributed by atoms with Gasteiger partial charge in [0, 0.05) is 30.4 Å². The second kappa shape index (κ2) is 9.21. The quantitative estimate of drug-likeness (QED) is 0.524. The highest BCUT2D eigenvalue weighted by atomic mass is 16.6. The fourth-order valence-electron chi connectivity index (χ4n) is 3.61. The Kier molecular flexibility index (Phi) is 6.20. The van der Waals surface area contributed by atoms with Gasteiger partial charge in [0.1, 0.15) is 6.10 Å². The van der Waals surface area contributed by atoms with Crippen LogP contribution < -0.4 is 10.6 Å². The molecule has 2 amide bonds. The molecule has 8 heteroatoms. The second-order valence-electron chi connectivity index (χ2n) is 8.54. The molecule has 4 rings (SSSR count). The van der Waals surface area contributed by atoms with Crippen molar-refractivity contribution >= 4 is 17.8 Å². The van der Waals surface area contributed by atoms with Gasteiger partial charge in [0.05, 0.1) is 11.1 Å². The van der Waals surface area contributed by atoms with E-state index in [9.17, 15) is 9.59 Å². The first-order valence-electron chi connectivity index (χ1n) is 10.7. The third kappa shape index (κ3) is 4.96. The molecule has 0 unspecified atom stereocenters. The summed E-state index contributed by atoms with van der Waals surface area (Å²) in [6, 6.07) is 17.0. The number of aromatic nitrogens is 3. The summed E-state index contributed by atoms with van der Waals surface area (Å²) in [5, 5.41) is 12.8. The van der Waals surface area contributed by atoms with Crippen LogP contribution in [0, 0.1) is 0 Å². The third-order valence-electron chi connectivity index (χ3n) is 5.80. The molecule has 1 aliphatic carbocycles. The van der Waals surface area contributed by atoms with Crippen molar-refractivity contribution in [2.24, 2.45) is 0 Å². The van der Waals surface area contributed by atoms with Crippen molar-refractivity contribution in [2.75, 3.05) is 5.32 Å². The van der Waals surface area contributed by atoms with Crippen molar-refractivity contribution in [3.63, 3.8) is 0 Å². The summed E-state index contributed by atoms with van der Waals surface area (Å²) in [6.07, 6.45) is 2.57. The molecule has 1 aliphatic rings. The molecule has 2 heterocycles. The fourth-order valence-corrected chi connectivity index (χ4v) is 3.61. The van der Waals surface area contributed by atoms with E-state index in [2.05, 4.69) is 25.8 Å². The van der Waals surface area contributed by atoms with E-state index in [-0.39, 0.29) is 17.9 Å². The van der Waals surface area contributed by atoms with Gasteiger partial charge in [-0.3, -0.25) is 14.9 Å². The van der Waals surface area contributed by atoms with E-state index < -0.39 is 11.5 Å². The molecule has 1 fully saturated rings. The maximum absolute atomic E-state index is 12.8. The zero-order valence-electron chi connectivity index (χ0n) is 18.2. The van der Waals surface area contributed by atoms with Gasteiger partial charge >= 0.3 is 6.09 Å². The van der Waals surface area contributed by atoms with E-state index in [1.54, 1.807) is 6.20 Å². The number of ether oxygens (including phenoxy) is 1. The fraction of sp³-hybridized carbons (Fsp3) is 0.333. The Bertz CT molecular complexity index is 1060. The van der Waals surface area contributed by atoms with Gasteiger partial charge in [-0.2, -0.15) is 5.10 Å². The first kappa shape index (κ1) is 21.5. The van der Waals surface area contributed by atoms with Gasteiger partial charge in [0.2, 0.25) is 5.91 Å². The number of pyridine rings is 1. The van der Waals surface area contributed by atoms with Gasteiger partial charge < -0.3 is 15.4 Å². The van der Waals surface area contributed by atoms with Crippen LogP contribution in [-0.4, -0.2) is 33.3 Å². The molecule has 0 radical (unpaired) electrons. The predicted molar refractivity (Wildman–Crippen MR) is 120 cm³/mol. The number of H-pyrrole nitrogens is 1. The topological polar surface area (TPSA) is 109 Å². The number of nitrogens with zero attached hydrogens (tertiary/aromatic N) is 2. The minimum absolute atomic E-state index is 0.125. The summed E-state index contributed by atoms with van der Waals surface area (Å²) in [5.74, 6) is 0.502. The first-order valence-corrected chi connectivity index (χ1v) is 10.7. The molecule has 0 atom stereocenters. The lowest BCUT2D eigenvalue weighted by Crippen LogP contribution is -2.36. The molecule has 0 saturated heterocycles. The molecule has 1 aromatic carbocycles. The number of rotatable bonds is 7. The highest BCUT2D eigenvalue weighted by molar-refractivity contribution is 5.97. The average molecular weight is 434 g/mol. The second-order valence-corrected chi connectivity index (χ2v) is 8.54. The molecule has 3 N–H and O–H groups in total. The summed E-state index contributed by atoms with van der Waals surface area (Å²) in [6.45, 7) is 4.10. The maximum Gasteiger partial charge on any atom is 0.407 e. The van der Waals surface area contributed by atoms with Crippen LogP contribution in [-0.2, 0) is 21.5 Å². The molecular weight excluding hydrogens is 406 g/mol. The summed E-state index contributed by atoms with van der Waals surface area (Å²) in [4.78, 5) is 29.1. The minimum atomic E-state index is -0.789. The Balaban J connectivity index is 1.24. The third-order valence-corrected chi connectivity index (χ3v) is 5.80. The monoisotopic (exact) mass is 433 g/mol. The largest absolute Gasteiger partial charge is 0.446 e. The lowest BCUT2D eigenvalue weighted by Gasteiger charge is -2.33. The summed E-state index contributed by atoms with van der Waals surface area (Å²) >= 11 is 0. The molecule has 0 bridgehead atoms. The van der Waals surface area contributed by atoms with Crippen LogP contribution in [0.3, 0.4) is 0 Å². The molecule has 32 heavy (non-hydrogen) atoms. The van der Waals surface area contributed by atoms with Crippen LogP contribution in [0.25, 0.3) is 0 Å². The Labute approximate surface area is 186 Å². The number of hydrogen-bond acceptors (Lipinski definition) is 5. The van der Waals surface area contributed by atoms with Gasteiger partial charge in [-0.1, -0.05) is 36.4 Å². The van der Waals surface area contributed by atoms with Gasteiger partial charge in [-0.25, -0.2) is 4.79 Å². The number of hydrogen-bond donors (Lipinski definition) is 3. The Morgan fingerprint density at radius 1 is 1.12 bits per heavy atom. The molecule has 166 valence electrons. The zero-order valence-corrected chi connectivity index (χ0v) is 18.2. The maximum atomic E-state index is 12.8. The van der Waals surface area contributed by atoms with E-state index in [4.69, 9.17) is 4.74 Å². The van der Waals surface area contributed by atoms with Crippen molar-refractivity contribution in [1.82, 2.24) is 20.5 Å². The normalized spacial score (nSPS) is 17.8. The molecule has 3 aromatic rings. The number of aromatic amines is 1. The van der Waals surface area contributed by atoms with Crippen LogP contribution in [0.15, 0.2) is 60.8 Å². The van der Waals surface area contributed by atoms with E-state index >= 15 is 0 Å². The van der Waals surface area contributed by atoms with Gasteiger partial charge in [-0.05, 0) is 44.4 Å². The van der Waals surface area contributed by atoms with E-state index in [1.807, 2.05) is 68.4 Å². The Morgan fingerprint density at radius 3 is 2.59 bits per heavy atom. The van der Waals surface area contributed by atoms with Crippen LogP contribution in [0.2, 0.25) is 0 Å². The molecular formula is C24H27N5O3. The highest BCUT2D eigenvalue weighted by Gasteiger charge is 2.35. The van der Waals surface area contributed by atoms with Crippen molar-refractivity contribution in [1.29, 1.82) is 0 Å². The average Bonchev–Trinajstić information content (AvgIpc) is 3.23. The van der Waals surface area contributed by atoms with E-state index in [1.165, 1.54) is 0 Å². The number of anilines is 1. The van der Waals surface area contributed by atoms with Crippen LogP contribution in [0.5, 0.6) is 0 Å². The molecule has 0 aliphatic heterocycles. The standard InChI is InChI=1S/C24H27N5O3/c1-24(2,20-10-6-7-11-25-20)22(30)27-21-14-19(28-29-21)17-12-18(13-17)32-23(31)26-15-16-8-4-3-5-9-16/h3-11,14,17-18H,12-13,15H2,1-2H3,(H,26,31)(H2,27,28,29,30)/t17-,18+.